The average Bonchev–Trinajstić information content (AvgIpc) is 2.92. The highest BCUT2D eigenvalue weighted by Crippen LogP contribution is 2.25. The molecule has 2 heterocycles. The molecule has 0 bridgehead atoms. The van der Waals surface area contributed by atoms with Crippen molar-refractivity contribution in [2.75, 3.05) is 0 Å². The Balaban J connectivity index is 1.83. The Morgan fingerprint density at radius 3 is 2.41 bits per heavy atom. The SMILES string of the molecule is CC(C)c1ccc(-c2ccn3c(c2)nc2ccccc23)cc1. The van der Waals surface area contributed by atoms with Crippen molar-refractivity contribution in [2.24, 2.45) is 0 Å². The summed E-state index contributed by atoms with van der Waals surface area (Å²) in [6.45, 7) is 4.44. The summed E-state index contributed by atoms with van der Waals surface area (Å²) in [7, 11) is 0. The summed E-state index contributed by atoms with van der Waals surface area (Å²) in [4.78, 5) is 4.71. The third-order valence-corrected chi connectivity index (χ3v) is 4.22. The van der Waals surface area contributed by atoms with Crippen LogP contribution in [-0.4, -0.2) is 9.38 Å². The lowest BCUT2D eigenvalue weighted by Gasteiger charge is -2.07. The van der Waals surface area contributed by atoms with Gasteiger partial charge in [0.2, 0.25) is 0 Å². The largest absolute Gasteiger partial charge is 0.300 e. The average molecular weight is 286 g/mol. The van der Waals surface area contributed by atoms with Crippen LogP contribution >= 0.6 is 0 Å². The van der Waals surface area contributed by atoms with Crippen molar-refractivity contribution >= 4 is 16.7 Å². The molecular weight excluding hydrogens is 268 g/mol. The van der Waals surface area contributed by atoms with Crippen LogP contribution in [0.25, 0.3) is 27.8 Å². The maximum absolute atomic E-state index is 4.71. The van der Waals surface area contributed by atoms with Crippen molar-refractivity contribution in [1.29, 1.82) is 0 Å². The number of nitrogens with zero attached hydrogens (tertiary/aromatic N) is 2. The number of fused-ring (bicyclic) bond motifs is 3. The smallest absolute Gasteiger partial charge is 0.138 e. The van der Waals surface area contributed by atoms with Gasteiger partial charge in [0.1, 0.15) is 5.65 Å². The highest BCUT2D eigenvalue weighted by molar-refractivity contribution is 5.82. The van der Waals surface area contributed by atoms with Crippen LogP contribution in [0, 0.1) is 0 Å². The van der Waals surface area contributed by atoms with Crippen molar-refractivity contribution < 1.29 is 0 Å². The van der Waals surface area contributed by atoms with Crippen molar-refractivity contribution in [3.05, 3.63) is 72.4 Å². The molecule has 0 N–H and O–H groups in total. The first-order valence-electron chi connectivity index (χ1n) is 7.69. The molecule has 0 spiro atoms. The summed E-state index contributed by atoms with van der Waals surface area (Å²) < 4.78 is 2.14. The Hall–Kier alpha value is -2.61. The molecule has 0 aliphatic rings. The Kier molecular flexibility index (Phi) is 2.97. The Morgan fingerprint density at radius 2 is 1.64 bits per heavy atom. The van der Waals surface area contributed by atoms with Crippen LogP contribution in [-0.2, 0) is 0 Å². The number of hydrogen-bond acceptors (Lipinski definition) is 1. The van der Waals surface area contributed by atoms with Gasteiger partial charge in [0.15, 0.2) is 0 Å². The zero-order valence-electron chi connectivity index (χ0n) is 12.8. The second kappa shape index (κ2) is 4.99. The summed E-state index contributed by atoms with van der Waals surface area (Å²) in [5.74, 6) is 0.564. The predicted molar refractivity (Wildman–Crippen MR) is 92.2 cm³/mol. The Morgan fingerprint density at radius 1 is 0.864 bits per heavy atom. The second-order valence-corrected chi connectivity index (χ2v) is 6.02. The summed E-state index contributed by atoms with van der Waals surface area (Å²) >= 11 is 0. The molecule has 22 heavy (non-hydrogen) atoms. The minimum atomic E-state index is 0.564. The quantitative estimate of drug-likeness (QED) is 0.490. The molecule has 0 saturated heterocycles. The molecular formula is C20H18N2. The summed E-state index contributed by atoms with van der Waals surface area (Å²) in [6, 6.07) is 21.4. The molecule has 2 aromatic carbocycles. The molecule has 4 rings (SSSR count). The highest BCUT2D eigenvalue weighted by Gasteiger charge is 2.06. The van der Waals surface area contributed by atoms with E-state index in [0.717, 1.165) is 16.7 Å². The van der Waals surface area contributed by atoms with Crippen LogP contribution < -0.4 is 0 Å². The van der Waals surface area contributed by atoms with Gasteiger partial charge in [-0.3, -0.25) is 4.40 Å². The molecule has 0 aliphatic heterocycles. The maximum atomic E-state index is 4.71. The van der Waals surface area contributed by atoms with Crippen LogP contribution in [0.3, 0.4) is 0 Å². The van der Waals surface area contributed by atoms with Crippen molar-refractivity contribution in [3.8, 4) is 11.1 Å². The third kappa shape index (κ3) is 2.08. The van der Waals surface area contributed by atoms with E-state index in [1.807, 2.05) is 6.07 Å². The first kappa shape index (κ1) is 13.1. The topological polar surface area (TPSA) is 17.3 Å². The highest BCUT2D eigenvalue weighted by atomic mass is 15.0. The Bertz CT molecular complexity index is 946. The maximum Gasteiger partial charge on any atom is 0.138 e. The molecule has 0 atom stereocenters. The van der Waals surface area contributed by atoms with E-state index >= 15 is 0 Å². The first-order chi connectivity index (χ1) is 10.7. The molecule has 0 radical (unpaired) electrons. The van der Waals surface area contributed by atoms with E-state index in [4.69, 9.17) is 4.98 Å². The summed E-state index contributed by atoms with van der Waals surface area (Å²) in [5.41, 5.74) is 6.99. The van der Waals surface area contributed by atoms with Crippen LogP contribution in [0.5, 0.6) is 0 Å². The molecule has 0 saturated carbocycles. The second-order valence-electron chi connectivity index (χ2n) is 6.02. The van der Waals surface area contributed by atoms with Gasteiger partial charge in [0.25, 0.3) is 0 Å². The molecule has 108 valence electrons. The fourth-order valence-corrected chi connectivity index (χ4v) is 2.90. The molecule has 4 aromatic rings. The fraction of sp³-hybridized carbons (Fsp3) is 0.150. The molecule has 2 heteroatoms. The van der Waals surface area contributed by atoms with E-state index < -0.39 is 0 Å². The molecule has 0 aliphatic carbocycles. The predicted octanol–water partition coefficient (Wildman–Crippen LogP) is 5.28. The lowest BCUT2D eigenvalue weighted by Crippen LogP contribution is -1.88. The number of imidazole rings is 1. The zero-order valence-corrected chi connectivity index (χ0v) is 12.8. The molecule has 2 aromatic heterocycles. The van der Waals surface area contributed by atoms with Gasteiger partial charge in [-0.25, -0.2) is 4.98 Å². The zero-order chi connectivity index (χ0) is 15.1. The van der Waals surface area contributed by atoms with E-state index in [0.29, 0.717) is 5.92 Å². The monoisotopic (exact) mass is 286 g/mol. The summed E-state index contributed by atoms with van der Waals surface area (Å²) in [5, 5.41) is 0. The van der Waals surface area contributed by atoms with Gasteiger partial charge < -0.3 is 0 Å². The normalized spacial score (nSPS) is 11.6. The minimum Gasteiger partial charge on any atom is -0.300 e. The lowest BCUT2D eigenvalue weighted by atomic mass is 9.99. The Labute approximate surface area is 130 Å². The molecule has 0 fully saturated rings. The minimum absolute atomic E-state index is 0.564. The fourth-order valence-electron chi connectivity index (χ4n) is 2.90. The van der Waals surface area contributed by atoms with E-state index in [9.17, 15) is 0 Å². The van der Waals surface area contributed by atoms with Crippen LogP contribution in [0.4, 0.5) is 0 Å². The number of hydrogen-bond donors (Lipinski definition) is 0. The number of aromatic nitrogens is 2. The van der Waals surface area contributed by atoms with Crippen LogP contribution in [0.2, 0.25) is 0 Å². The number of rotatable bonds is 2. The van der Waals surface area contributed by atoms with Crippen molar-refractivity contribution in [1.82, 2.24) is 9.38 Å². The van der Waals surface area contributed by atoms with Gasteiger partial charge in [0, 0.05) is 6.20 Å². The number of benzene rings is 2. The molecule has 0 unspecified atom stereocenters. The summed E-state index contributed by atoms with van der Waals surface area (Å²) in [6.07, 6.45) is 2.11. The van der Waals surface area contributed by atoms with Gasteiger partial charge in [-0.05, 0) is 46.9 Å². The van der Waals surface area contributed by atoms with Crippen molar-refractivity contribution in [2.45, 2.75) is 19.8 Å². The van der Waals surface area contributed by atoms with Gasteiger partial charge >= 0.3 is 0 Å². The van der Waals surface area contributed by atoms with Gasteiger partial charge in [0.05, 0.1) is 11.0 Å². The van der Waals surface area contributed by atoms with Crippen LogP contribution in [0.1, 0.15) is 25.3 Å². The first-order valence-corrected chi connectivity index (χ1v) is 7.69. The number of pyridine rings is 1. The molecule has 0 amide bonds. The third-order valence-electron chi connectivity index (χ3n) is 4.22. The van der Waals surface area contributed by atoms with E-state index in [-0.39, 0.29) is 0 Å². The van der Waals surface area contributed by atoms with Gasteiger partial charge in [-0.15, -0.1) is 0 Å². The standard InChI is InChI=1S/C20H18N2/c1-14(2)15-7-9-16(10-8-15)17-11-12-22-19-6-4-3-5-18(19)21-20(22)13-17/h3-14H,1-2H3. The van der Waals surface area contributed by atoms with Gasteiger partial charge in [-0.1, -0.05) is 50.2 Å². The number of para-hydroxylation sites is 2. The van der Waals surface area contributed by atoms with Crippen LogP contribution in [0.15, 0.2) is 66.9 Å². The van der Waals surface area contributed by atoms with Crippen molar-refractivity contribution in [3.63, 3.8) is 0 Å². The van der Waals surface area contributed by atoms with Gasteiger partial charge in [-0.2, -0.15) is 0 Å². The molecule has 2 nitrogen and oxygen atoms in total. The van der Waals surface area contributed by atoms with E-state index in [1.165, 1.54) is 16.7 Å². The lowest BCUT2D eigenvalue weighted by molar-refractivity contribution is 0.867. The van der Waals surface area contributed by atoms with E-state index in [1.54, 1.807) is 0 Å². The van der Waals surface area contributed by atoms with E-state index in [2.05, 4.69) is 79.0 Å².